The van der Waals surface area contributed by atoms with Crippen LogP contribution in [0.15, 0.2) is 48.7 Å². The minimum atomic E-state index is -1.49. The van der Waals surface area contributed by atoms with Crippen molar-refractivity contribution in [1.82, 2.24) is 15.6 Å². The van der Waals surface area contributed by atoms with E-state index in [1.54, 1.807) is 18.3 Å². The summed E-state index contributed by atoms with van der Waals surface area (Å²) in [6.07, 6.45) is 5.43. The van der Waals surface area contributed by atoms with Crippen molar-refractivity contribution in [2.75, 3.05) is 12.9 Å². The van der Waals surface area contributed by atoms with Gasteiger partial charge in [-0.25, -0.2) is 4.79 Å². The van der Waals surface area contributed by atoms with Crippen LogP contribution in [0.25, 0.3) is 10.9 Å². The zero-order valence-electron chi connectivity index (χ0n) is 27.8. The highest BCUT2D eigenvalue weighted by Gasteiger charge is 2.29. The topological polar surface area (TPSA) is 221 Å². The van der Waals surface area contributed by atoms with Crippen LogP contribution in [-0.4, -0.2) is 86.1 Å². The summed E-state index contributed by atoms with van der Waals surface area (Å²) >= 11 is 1.33. The number of hydrogen-bond acceptors (Lipinski definition) is 9. The molecule has 1 heterocycles. The molecule has 2 amide bonds. The van der Waals surface area contributed by atoms with Gasteiger partial charge in [0, 0.05) is 47.4 Å². The number of nitrogens with two attached hydrogens (primary N) is 1. The average Bonchev–Trinajstić information content (AvgIpc) is 3.48. The molecule has 4 unspecified atom stereocenters. The summed E-state index contributed by atoms with van der Waals surface area (Å²) in [4.78, 5) is 66.1. The number of nitrogens with one attached hydrogen (secondary N) is 3. The van der Waals surface area contributed by atoms with Crippen LogP contribution in [0.4, 0.5) is 0 Å². The van der Waals surface area contributed by atoms with Gasteiger partial charge in [-0.1, -0.05) is 50.5 Å². The Balaban J connectivity index is 1.73. The van der Waals surface area contributed by atoms with Crippen LogP contribution < -0.4 is 21.1 Å². The fourth-order valence-corrected chi connectivity index (χ4v) is 6.67. The SMILES string of the molecule is CCCCCC(CC(=O)CCc1ccc(O)c(OC)c1)SCC(NC(=O)CC(N)C(=O)O)C(=O)NC(Cc1c[nH]c2ccccc12)C(=O)O. The lowest BCUT2D eigenvalue weighted by molar-refractivity contribution is -0.142. The molecule has 0 saturated heterocycles. The first-order chi connectivity index (χ1) is 23.4. The van der Waals surface area contributed by atoms with Gasteiger partial charge in [-0.15, -0.1) is 0 Å². The van der Waals surface area contributed by atoms with Gasteiger partial charge in [0.15, 0.2) is 11.5 Å². The summed E-state index contributed by atoms with van der Waals surface area (Å²) < 4.78 is 5.15. The summed E-state index contributed by atoms with van der Waals surface area (Å²) in [5.41, 5.74) is 7.88. The molecule has 266 valence electrons. The summed E-state index contributed by atoms with van der Waals surface area (Å²) in [6.45, 7) is 2.06. The minimum absolute atomic E-state index is 0.00294. The number of phenols is 1. The van der Waals surface area contributed by atoms with E-state index in [-0.39, 0.29) is 41.8 Å². The van der Waals surface area contributed by atoms with Crippen LogP contribution in [0.1, 0.15) is 63.0 Å². The monoisotopic (exact) mass is 698 g/mol. The number of ether oxygens (including phenoxy) is 1. The number of carboxylic acid groups (broad SMARTS) is 2. The predicted octanol–water partition coefficient (Wildman–Crippen LogP) is 3.55. The fourth-order valence-electron chi connectivity index (χ4n) is 5.33. The van der Waals surface area contributed by atoms with Crippen molar-refractivity contribution in [2.24, 2.45) is 5.73 Å². The lowest BCUT2D eigenvalue weighted by atomic mass is 10.0. The fraction of sp³-hybridized carbons (Fsp3) is 0.457. The molecule has 1 aromatic heterocycles. The number of aromatic nitrogens is 1. The number of carboxylic acids is 2. The number of thioether (sulfide) groups is 1. The van der Waals surface area contributed by atoms with E-state index in [9.17, 15) is 34.2 Å². The Bertz CT molecular complexity index is 1590. The Morgan fingerprint density at radius 1 is 0.980 bits per heavy atom. The molecule has 49 heavy (non-hydrogen) atoms. The third-order valence-electron chi connectivity index (χ3n) is 8.11. The number of aromatic hydroxyl groups is 1. The molecule has 0 aliphatic rings. The quantitative estimate of drug-likeness (QED) is 0.0752. The molecular formula is C35H46N4O9S. The zero-order chi connectivity index (χ0) is 35.9. The summed E-state index contributed by atoms with van der Waals surface area (Å²) in [5, 5.41) is 34.7. The maximum absolute atomic E-state index is 13.6. The Labute approximate surface area is 289 Å². The molecule has 0 aliphatic heterocycles. The smallest absolute Gasteiger partial charge is 0.326 e. The molecule has 14 heteroatoms. The molecule has 0 bridgehead atoms. The number of methoxy groups -OCH3 is 1. The van der Waals surface area contributed by atoms with Gasteiger partial charge in [0.1, 0.15) is 23.9 Å². The maximum Gasteiger partial charge on any atom is 0.326 e. The highest BCUT2D eigenvalue weighted by Crippen LogP contribution is 2.28. The van der Waals surface area contributed by atoms with E-state index in [4.69, 9.17) is 15.6 Å². The van der Waals surface area contributed by atoms with Gasteiger partial charge in [-0.2, -0.15) is 11.8 Å². The van der Waals surface area contributed by atoms with Gasteiger partial charge < -0.3 is 41.4 Å². The van der Waals surface area contributed by atoms with Crippen molar-refractivity contribution < 1.29 is 44.0 Å². The van der Waals surface area contributed by atoms with E-state index in [1.807, 2.05) is 24.3 Å². The lowest BCUT2D eigenvalue weighted by Crippen LogP contribution is -2.54. The second-order valence-corrected chi connectivity index (χ2v) is 13.3. The van der Waals surface area contributed by atoms with Crippen LogP contribution in [0.3, 0.4) is 0 Å². The second kappa shape index (κ2) is 19.4. The number of phenolic OH excluding ortho intramolecular Hbond substituents is 1. The zero-order valence-corrected chi connectivity index (χ0v) is 28.6. The number of Topliss-reactive ketones (excluding diaryl/α,β-unsaturated/α-hetero) is 1. The van der Waals surface area contributed by atoms with Crippen LogP contribution in [0.5, 0.6) is 11.5 Å². The molecule has 13 nitrogen and oxygen atoms in total. The molecule has 0 fully saturated rings. The Morgan fingerprint density at radius 2 is 1.73 bits per heavy atom. The van der Waals surface area contributed by atoms with Gasteiger partial charge in [0.25, 0.3) is 0 Å². The molecule has 4 atom stereocenters. The van der Waals surface area contributed by atoms with Gasteiger partial charge >= 0.3 is 11.9 Å². The van der Waals surface area contributed by atoms with E-state index in [0.717, 1.165) is 35.7 Å². The number of para-hydroxylation sites is 1. The molecule has 8 N–H and O–H groups in total. The number of fused-ring (bicyclic) bond motifs is 1. The minimum Gasteiger partial charge on any atom is -0.504 e. The van der Waals surface area contributed by atoms with Gasteiger partial charge in [-0.05, 0) is 42.2 Å². The number of carbonyl (C=O) groups is 5. The number of amides is 2. The van der Waals surface area contributed by atoms with Crippen LogP contribution >= 0.6 is 11.8 Å². The lowest BCUT2D eigenvalue weighted by Gasteiger charge is -2.24. The summed E-state index contributed by atoms with van der Waals surface area (Å²) in [5.74, 6) is -3.83. The highest BCUT2D eigenvalue weighted by atomic mass is 32.2. The van der Waals surface area contributed by atoms with Gasteiger partial charge in [-0.3, -0.25) is 19.2 Å². The number of H-pyrrole nitrogens is 1. The van der Waals surface area contributed by atoms with Crippen molar-refractivity contribution in [1.29, 1.82) is 0 Å². The third kappa shape index (κ3) is 12.4. The summed E-state index contributed by atoms with van der Waals surface area (Å²) in [7, 11) is 1.45. The second-order valence-electron chi connectivity index (χ2n) is 11.9. The number of aryl methyl sites for hydroxylation is 1. The first-order valence-corrected chi connectivity index (χ1v) is 17.3. The first kappa shape index (κ1) is 38.9. The third-order valence-corrected chi connectivity index (χ3v) is 9.51. The van der Waals surface area contributed by atoms with Crippen LogP contribution in [0, 0.1) is 0 Å². The van der Waals surface area contributed by atoms with Gasteiger partial charge in [0.05, 0.1) is 13.5 Å². The largest absolute Gasteiger partial charge is 0.504 e. The molecule has 0 spiro atoms. The van der Waals surface area contributed by atoms with E-state index in [0.29, 0.717) is 24.2 Å². The van der Waals surface area contributed by atoms with E-state index in [2.05, 4.69) is 22.5 Å². The number of benzene rings is 2. The first-order valence-electron chi connectivity index (χ1n) is 16.3. The molecule has 0 radical (unpaired) electrons. The number of aromatic amines is 1. The molecular weight excluding hydrogens is 652 g/mol. The maximum atomic E-state index is 13.6. The van der Waals surface area contributed by atoms with Crippen LogP contribution in [0.2, 0.25) is 0 Å². The van der Waals surface area contributed by atoms with Gasteiger partial charge in [0.2, 0.25) is 11.8 Å². The number of carbonyl (C=O) groups excluding carboxylic acids is 3. The number of hydrogen-bond donors (Lipinski definition) is 7. The number of ketones is 1. The van der Waals surface area contributed by atoms with Crippen molar-refractivity contribution in [2.45, 2.75) is 88.1 Å². The molecule has 0 saturated carbocycles. The molecule has 0 aliphatic carbocycles. The van der Waals surface area contributed by atoms with Crippen molar-refractivity contribution >= 4 is 52.2 Å². The number of unbranched alkanes of at least 4 members (excludes halogenated alkanes) is 2. The molecule has 3 rings (SSSR count). The molecule has 3 aromatic rings. The predicted molar refractivity (Wildman–Crippen MR) is 187 cm³/mol. The van der Waals surface area contributed by atoms with E-state index in [1.165, 1.54) is 24.9 Å². The molecule has 2 aromatic carbocycles. The Morgan fingerprint density at radius 3 is 2.43 bits per heavy atom. The normalized spacial score (nSPS) is 13.6. The van der Waals surface area contributed by atoms with Crippen molar-refractivity contribution in [3.63, 3.8) is 0 Å². The standard InChI is InChI=1S/C35H46N4O9S/c1-3-4-5-8-24(17-23(40)13-11-21-12-14-30(41)31(15-21)48-2)49-20-29(38-32(42)18-26(36)34(44)45)33(43)39-28(35(46)47)16-22-19-37-27-10-7-6-9-25(22)27/h6-7,9-10,12,14-15,19,24,26,28-29,37,41H,3-5,8,11,13,16-18,20,36H2,1-2H3,(H,38,42)(H,39,43)(H,44,45)(H,46,47). The van der Waals surface area contributed by atoms with E-state index < -0.39 is 48.3 Å². The Hall–Kier alpha value is -4.56. The average molecular weight is 699 g/mol. The van der Waals surface area contributed by atoms with Crippen LogP contribution in [-0.2, 0) is 36.8 Å². The highest BCUT2D eigenvalue weighted by molar-refractivity contribution is 8.00. The van der Waals surface area contributed by atoms with Crippen molar-refractivity contribution in [3.05, 3.63) is 59.8 Å². The summed E-state index contributed by atoms with van der Waals surface area (Å²) in [6, 6.07) is 8.25. The Kier molecular flexibility index (Phi) is 15.4. The van der Waals surface area contributed by atoms with Crippen molar-refractivity contribution in [3.8, 4) is 11.5 Å². The van der Waals surface area contributed by atoms with E-state index >= 15 is 0 Å². The number of aliphatic carboxylic acids is 2. The number of rotatable bonds is 22.